The van der Waals surface area contributed by atoms with Gasteiger partial charge in [0.15, 0.2) is 0 Å². The van der Waals surface area contributed by atoms with Gasteiger partial charge in [-0.1, -0.05) is 6.07 Å². The number of rotatable bonds is 6. The van der Waals surface area contributed by atoms with E-state index in [9.17, 15) is 32.4 Å². The molecular formula is C14H13N5O8S2. The zero-order valence-electron chi connectivity index (χ0n) is 14.2. The summed E-state index contributed by atoms with van der Waals surface area (Å²) in [5, 5.41) is 6.24. The van der Waals surface area contributed by atoms with E-state index in [1.807, 2.05) is 4.98 Å². The smallest absolute Gasteiger partial charge is 0.340 e. The van der Waals surface area contributed by atoms with E-state index in [0.717, 1.165) is 17.5 Å². The third kappa shape index (κ3) is 4.25. The number of hydrogen-bond acceptors (Lipinski definition) is 8. The van der Waals surface area contributed by atoms with Gasteiger partial charge in [-0.3, -0.25) is 28.7 Å². The highest BCUT2D eigenvalue weighted by Crippen LogP contribution is 2.21. The van der Waals surface area contributed by atoms with E-state index in [1.54, 1.807) is 11.4 Å². The van der Waals surface area contributed by atoms with Crippen LogP contribution in [0.25, 0.3) is 0 Å². The van der Waals surface area contributed by atoms with Gasteiger partial charge in [0.1, 0.15) is 17.6 Å². The highest BCUT2D eigenvalue weighted by molar-refractivity contribution is 7.84. The summed E-state index contributed by atoms with van der Waals surface area (Å²) in [6, 6.07) is 0.620. The fourth-order valence-corrected chi connectivity index (χ4v) is 3.94. The summed E-state index contributed by atoms with van der Waals surface area (Å²) in [5.74, 6) is -2.83. The molecule has 0 aromatic carbocycles. The first-order valence-corrected chi connectivity index (χ1v) is 10.1. The van der Waals surface area contributed by atoms with Crippen molar-refractivity contribution < 1.29 is 27.4 Å². The van der Waals surface area contributed by atoms with Gasteiger partial charge in [0.05, 0.1) is 6.54 Å². The summed E-state index contributed by atoms with van der Waals surface area (Å²) in [4.78, 5) is 64.0. The van der Waals surface area contributed by atoms with Crippen molar-refractivity contribution in [1.82, 2.24) is 24.9 Å². The second kappa shape index (κ2) is 7.61. The third-order valence-corrected chi connectivity index (χ3v) is 5.74. The third-order valence-electron chi connectivity index (χ3n) is 3.92. The maximum atomic E-state index is 12.6. The summed E-state index contributed by atoms with van der Waals surface area (Å²) in [6.07, 6.45) is 0.888. The predicted octanol–water partition coefficient (Wildman–Crippen LogP) is -2.27. The summed E-state index contributed by atoms with van der Waals surface area (Å²) in [7, 11) is -4.71. The Bertz CT molecular complexity index is 1180. The average molecular weight is 443 g/mol. The van der Waals surface area contributed by atoms with E-state index in [2.05, 4.69) is 15.6 Å². The molecule has 0 saturated carbocycles. The van der Waals surface area contributed by atoms with Crippen LogP contribution in [0.1, 0.15) is 21.3 Å². The van der Waals surface area contributed by atoms with Crippen LogP contribution in [0.2, 0.25) is 0 Å². The molecule has 0 spiro atoms. The number of amides is 3. The highest BCUT2D eigenvalue weighted by atomic mass is 32.2. The Morgan fingerprint density at radius 1 is 1.31 bits per heavy atom. The largest absolute Gasteiger partial charge is 0.362 e. The van der Waals surface area contributed by atoms with Crippen LogP contribution in [0.15, 0.2) is 33.3 Å². The van der Waals surface area contributed by atoms with Gasteiger partial charge in [0.2, 0.25) is 5.91 Å². The molecule has 15 heteroatoms. The predicted molar refractivity (Wildman–Crippen MR) is 97.4 cm³/mol. The van der Waals surface area contributed by atoms with Crippen LogP contribution in [0.4, 0.5) is 0 Å². The molecule has 3 rings (SSSR count). The standard InChI is InChI=1S/C14H13N5O8S2/c20-10(6-4-15-14(24)18-11(6)21)17-9(8-2-1-3-28-8)12(22)16-7-5-19(13(7)23)29(25,26)27/h1-4,7,9H,5H2,(H,16,22)(H,17,20)(H,25,26,27)(H2,15,18,21,24). The van der Waals surface area contributed by atoms with Gasteiger partial charge in [-0.15, -0.1) is 11.3 Å². The second-order valence-electron chi connectivity index (χ2n) is 5.82. The highest BCUT2D eigenvalue weighted by Gasteiger charge is 2.45. The van der Waals surface area contributed by atoms with Gasteiger partial charge in [0, 0.05) is 11.1 Å². The molecule has 1 aliphatic rings. The van der Waals surface area contributed by atoms with Gasteiger partial charge in [0.25, 0.3) is 17.4 Å². The summed E-state index contributed by atoms with van der Waals surface area (Å²) < 4.78 is 31.0. The summed E-state index contributed by atoms with van der Waals surface area (Å²) >= 11 is 1.11. The minimum atomic E-state index is -4.71. The molecule has 13 nitrogen and oxygen atoms in total. The lowest BCUT2D eigenvalue weighted by Gasteiger charge is -2.36. The Balaban J connectivity index is 1.77. The van der Waals surface area contributed by atoms with Gasteiger partial charge in [-0.2, -0.15) is 8.42 Å². The fraction of sp³-hybridized carbons (Fsp3) is 0.214. The SMILES string of the molecule is O=C(NC(C(=O)NC1CN(S(=O)(=O)O)C1=O)c1cccs1)c1c[nH]c(=O)[nH]c1=O. The van der Waals surface area contributed by atoms with Crippen LogP contribution in [0.3, 0.4) is 0 Å². The molecular weight excluding hydrogens is 430 g/mol. The molecule has 2 unspecified atom stereocenters. The van der Waals surface area contributed by atoms with E-state index in [1.165, 1.54) is 6.07 Å². The molecule has 2 aromatic heterocycles. The Morgan fingerprint density at radius 3 is 2.59 bits per heavy atom. The van der Waals surface area contributed by atoms with Crippen LogP contribution in [0.5, 0.6) is 0 Å². The van der Waals surface area contributed by atoms with E-state index in [4.69, 9.17) is 4.55 Å². The number of H-pyrrole nitrogens is 2. The van der Waals surface area contributed by atoms with E-state index in [-0.39, 0.29) is 4.31 Å². The molecule has 0 radical (unpaired) electrons. The van der Waals surface area contributed by atoms with Crippen LogP contribution >= 0.6 is 11.3 Å². The first-order valence-electron chi connectivity index (χ1n) is 7.83. The monoisotopic (exact) mass is 443 g/mol. The fourth-order valence-electron chi connectivity index (χ4n) is 2.47. The molecule has 0 bridgehead atoms. The van der Waals surface area contributed by atoms with Gasteiger partial charge < -0.3 is 15.6 Å². The Kier molecular flexibility index (Phi) is 5.36. The first kappa shape index (κ1) is 20.4. The summed E-state index contributed by atoms with van der Waals surface area (Å²) in [5.41, 5.74) is -2.23. The van der Waals surface area contributed by atoms with E-state index in [0.29, 0.717) is 4.88 Å². The van der Waals surface area contributed by atoms with Crippen molar-refractivity contribution in [2.75, 3.05) is 6.54 Å². The van der Waals surface area contributed by atoms with Gasteiger partial charge in [-0.05, 0) is 11.4 Å². The normalized spacial score (nSPS) is 17.3. The molecule has 29 heavy (non-hydrogen) atoms. The molecule has 3 heterocycles. The number of aromatic amines is 2. The molecule has 1 saturated heterocycles. The van der Waals surface area contributed by atoms with Crippen LogP contribution < -0.4 is 21.9 Å². The number of hydrogen-bond donors (Lipinski definition) is 5. The van der Waals surface area contributed by atoms with Gasteiger partial charge >= 0.3 is 16.0 Å². The van der Waals surface area contributed by atoms with Crippen molar-refractivity contribution in [3.63, 3.8) is 0 Å². The molecule has 0 aliphatic carbocycles. The van der Waals surface area contributed by atoms with Crippen LogP contribution in [-0.4, -0.2) is 57.6 Å². The minimum Gasteiger partial charge on any atom is -0.340 e. The first-order chi connectivity index (χ1) is 13.6. The van der Waals surface area contributed by atoms with Gasteiger partial charge in [-0.25, -0.2) is 9.10 Å². The second-order valence-corrected chi connectivity index (χ2v) is 8.13. The van der Waals surface area contributed by atoms with E-state index < -0.39 is 63.5 Å². The van der Waals surface area contributed by atoms with Crippen LogP contribution in [-0.2, 0) is 19.9 Å². The molecule has 1 aliphatic heterocycles. The van der Waals surface area contributed by atoms with Crippen molar-refractivity contribution >= 4 is 39.4 Å². The van der Waals surface area contributed by atoms with Crippen molar-refractivity contribution in [2.24, 2.45) is 0 Å². The number of thiophene rings is 1. The number of β-lactam (4-membered cyclic amide) rings is 1. The quantitative estimate of drug-likeness (QED) is 0.243. The topological polar surface area (TPSA) is 199 Å². The Hall–Kier alpha value is -3.30. The number of carbonyl (C=O) groups is 3. The molecule has 1 fully saturated rings. The Morgan fingerprint density at radius 2 is 2.03 bits per heavy atom. The molecule has 5 N–H and O–H groups in total. The average Bonchev–Trinajstić information content (AvgIpc) is 3.15. The lowest BCUT2D eigenvalue weighted by molar-refractivity contribution is -0.141. The Labute approximate surface area is 165 Å². The zero-order chi connectivity index (χ0) is 21.3. The number of carbonyl (C=O) groups excluding carboxylic acids is 3. The molecule has 154 valence electrons. The number of aromatic nitrogens is 2. The number of nitrogens with one attached hydrogen (secondary N) is 4. The lowest BCUT2D eigenvalue weighted by Crippen LogP contribution is -2.66. The zero-order valence-corrected chi connectivity index (χ0v) is 15.9. The number of nitrogens with zero attached hydrogens (tertiary/aromatic N) is 1. The van der Waals surface area contributed by atoms with Crippen molar-refractivity contribution in [3.05, 3.63) is 55.0 Å². The van der Waals surface area contributed by atoms with Crippen LogP contribution in [0, 0.1) is 0 Å². The lowest BCUT2D eigenvalue weighted by atomic mass is 10.1. The summed E-state index contributed by atoms with van der Waals surface area (Å²) in [6.45, 7) is -0.464. The molecule has 2 aromatic rings. The van der Waals surface area contributed by atoms with Crippen molar-refractivity contribution in [2.45, 2.75) is 12.1 Å². The maximum Gasteiger partial charge on any atom is 0.362 e. The molecule has 2 atom stereocenters. The van der Waals surface area contributed by atoms with Crippen molar-refractivity contribution in [3.8, 4) is 0 Å². The van der Waals surface area contributed by atoms with E-state index >= 15 is 0 Å². The van der Waals surface area contributed by atoms with Crippen molar-refractivity contribution in [1.29, 1.82) is 0 Å². The molecule has 3 amide bonds. The minimum absolute atomic E-state index is 0.177. The maximum absolute atomic E-state index is 12.6.